The van der Waals surface area contributed by atoms with Crippen molar-refractivity contribution in [2.45, 2.75) is 32.0 Å². The van der Waals surface area contributed by atoms with Crippen LogP contribution >= 0.6 is 23.1 Å². The van der Waals surface area contributed by atoms with Crippen molar-refractivity contribution in [2.75, 3.05) is 46.2 Å². The van der Waals surface area contributed by atoms with Crippen LogP contribution in [0.15, 0.2) is 52.4 Å². The number of nitrogens with zero attached hydrogens (tertiary/aromatic N) is 3. The highest BCUT2D eigenvalue weighted by Gasteiger charge is 2.18. The zero-order valence-electron chi connectivity index (χ0n) is 22.3. The molecule has 0 unspecified atom stereocenters. The van der Waals surface area contributed by atoms with Crippen LogP contribution in [0.4, 0.5) is 0 Å². The second kappa shape index (κ2) is 13.1. The van der Waals surface area contributed by atoms with E-state index in [2.05, 4.69) is 24.1 Å². The van der Waals surface area contributed by atoms with Crippen LogP contribution in [0.2, 0.25) is 0 Å². The van der Waals surface area contributed by atoms with Crippen molar-refractivity contribution in [3.8, 4) is 11.5 Å². The topological polar surface area (TPSA) is 85.7 Å². The van der Waals surface area contributed by atoms with E-state index in [9.17, 15) is 9.59 Å². The fourth-order valence-corrected chi connectivity index (χ4v) is 6.24. The third-order valence-electron chi connectivity index (χ3n) is 6.50. The summed E-state index contributed by atoms with van der Waals surface area (Å²) < 4.78 is 14.1. The molecular formula is C28H34N4O4S2. The molecule has 0 aliphatic carbocycles. The normalized spacial score (nSPS) is 11.4. The summed E-state index contributed by atoms with van der Waals surface area (Å²) in [6, 6.07) is 13.7. The van der Waals surface area contributed by atoms with E-state index in [0.29, 0.717) is 46.4 Å². The van der Waals surface area contributed by atoms with Gasteiger partial charge in [-0.25, -0.2) is 4.98 Å². The number of nitrogens with one attached hydrogen (secondary N) is 1. The number of rotatable bonds is 13. The fourth-order valence-electron chi connectivity index (χ4n) is 4.31. The zero-order chi connectivity index (χ0) is 27.1. The number of benzene rings is 2. The molecule has 0 atom stereocenters. The van der Waals surface area contributed by atoms with Crippen LogP contribution in [0.1, 0.15) is 19.4 Å². The van der Waals surface area contributed by atoms with Crippen molar-refractivity contribution in [1.29, 1.82) is 0 Å². The highest BCUT2D eigenvalue weighted by atomic mass is 32.2. The Balaban J connectivity index is 1.48. The summed E-state index contributed by atoms with van der Waals surface area (Å²) in [6.45, 7) is 7.81. The van der Waals surface area contributed by atoms with Crippen molar-refractivity contribution in [3.63, 3.8) is 0 Å². The van der Waals surface area contributed by atoms with Gasteiger partial charge in [0.2, 0.25) is 5.91 Å². The maximum absolute atomic E-state index is 13.6. The molecule has 0 aliphatic heterocycles. The number of fused-ring (bicyclic) bond motifs is 3. The van der Waals surface area contributed by atoms with E-state index in [1.165, 1.54) is 23.1 Å². The van der Waals surface area contributed by atoms with E-state index in [0.717, 1.165) is 35.3 Å². The maximum atomic E-state index is 13.6. The number of hydrogen-bond donors (Lipinski definition) is 1. The SMILES string of the molecule is CCN(CC)CCn1c(SCC(=O)NCCc2ccc(OC)c(OC)c2)nc2c(sc3ccccc32)c1=O. The van der Waals surface area contributed by atoms with Gasteiger partial charge in [0.25, 0.3) is 5.56 Å². The molecule has 0 aliphatic rings. The van der Waals surface area contributed by atoms with Crippen molar-refractivity contribution >= 4 is 49.3 Å². The Morgan fingerprint density at radius 1 is 1.11 bits per heavy atom. The van der Waals surface area contributed by atoms with E-state index < -0.39 is 0 Å². The van der Waals surface area contributed by atoms with Gasteiger partial charge in [0.15, 0.2) is 16.7 Å². The number of hydrogen-bond acceptors (Lipinski definition) is 8. The van der Waals surface area contributed by atoms with Crippen LogP contribution in [-0.4, -0.2) is 66.5 Å². The van der Waals surface area contributed by atoms with Gasteiger partial charge in [0.05, 0.1) is 25.5 Å². The van der Waals surface area contributed by atoms with Crippen LogP contribution in [0.25, 0.3) is 20.3 Å². The van der Waals surface area contributed by atoms with Crippen LogP contribution in [0.5, 0.6) is 11.5 Å². The number of aromatic nitrogens is 2. The number of carbonyl (C=O) groups is 1. The van der Waals surface area contributed by atoms with Gasteiger partial charge in [0, 0.05) is 29.7 Å². The average molecular weight is 555 g/mol. The molecule has 8 nitrogen and oxygen atoms in total. The monoisotopic (exact) mass is 554 g/mol. The minimum absolute atomic E-state index is 0.0419. The second-order valence-electron chi connectivity index (χ2n) is 8.73. The minimum atomic E-state index is -0.102. The number of methoxy groups -OCH3 is 2. The highest BCUT2D eigenvalue weighted by molar-refractivity contribution is 7.99. The first-order valence-electron chi connectivity index (χ1n) is 12.7. The lowest BCUT2D eigenvalue weighted by atomic mass is 10.1. The second-order valence-corrected chi connectivity index (χ2v) is 10.7. The first-order valence-corrected chi connectivity index (χ1v) is 14.5. The summed E-state index contributed by atoms with van der Waals surface area (Å²) >= 11 is 2.79. The van der Waals surface area contributed by atoms with Gasteiger partial charge in [-0.1, -0.05) is 49.9 Å². The summed E-state index contributed by atoms with van der Waals surface area (Å²) in [7, 11) is 3.21. The smallest absolute Gasteiger partial charge is 0.272 e. The standard InChI is InChI=1S/C28H34N4O4S2/c1-5-31(6-2)15-16-32-27(34)26-25(20-9-7-8-10-23(20)38-26)30-28(32)37-18-24(33)29-14-13-19-11-12-21(35-3)22(17-19)36-4/h7-12,17H,5-6,13-16,18H2,1-4H3,(H,29,33). The quantitative estimate of drug-likeness (QED) is 0.193. The van der Waals surface area contributed by atoms with Crippen molar-refractivity contribution in [2.24, 2.45) is 0 Å². The van der Waals surface area contributed by atoms with Gasteiger partial charge in [-0.3, -0.25) is 14.2 Å². The summed E-state index contributed by atoms with van der Waals surface area (Å²) in [5, 5.41) is 4.53. The number of thioether (sulfide) groups is 1. The molecule has 0 spiro atoms. The third kappa shape index (κ3) is 6.31. The highest BCUT2D eigenvalue weighted by Crippen LogP contribution is 2.32. The van der Waals surface area contributed by atoms with Gasteiger partial charge in [-0.15, -0.1) is 11.3 Å². The van der Waals surface area contributed by atoms with E-state index in [4.69, 9.17) is 14.5 Å². The summed E-state index contributed by atoms with van der Waals surface area (Å²) in [6.07, 6.45) is 0.663. The average Bonchev–Trinajstić information content (AvgIpc) is 3.32. The molecule has 10 heteroatoms. The van der Waals surface area contributed by atoms with Crippen LogP contribution in [0.3, 0.4) is 0 Å². The predicted molar refractivity (Wildman–Crippen MR) is 156 cm³/mol. The molecule has 1 amide bonds. The molecule has 0 saturated carbocycles. The van der Waals surface area contributed by atoms with Crippen LogP contribution in [0, 0.1) is 0 Å². The van der Waals surface area contributed by atoms with Gasteiger partial charge in [-0.2, -0.15) is 0 Å². The maximum Gasteiger partial charge on any atom is 0.272 e. The molecule has 0 saturated heterocycles. The number of ether oxygens (including phenoxy) is 2. The Bertz CT molecular complexity index is 1460. The van der Waals surface area contributed by atoms with E-state index in [1.54, 1.807) is 18.8 Å². The van der Waals surface area contributed by atoms with E-state index in [1.807, 2.05) is 42.5 Å². The van der Waals surface area contributed by atoms with Gasteiger partial charge in [-0.05, 0) is 43.3 Å². The molecule has 2 aromatic carbocycles. The molecule has 0 bridgehead atoms. The molecule has 0 radical (unpaired) electrons. The molecule has 1 N–H and O–H groups in total. The lowest BCUT2D eigenvalue weighted by Crippen LogP contribution is -2.32. The number of likely N-dealkylation sites (N-methyl/N-ethyl adjacent to an activating group) is 1. The minimum Gasteiger partial charge on any atom is -0.493 e. The zero-order valence-corrected chi connectivity index (χ0v) is 23.9. The summed E-state index contributed by atoms with van der Waals surface area (Å²) in [5.74, 6) is 1.41. The van der Waals surface area contributed by atoms with Crippen LogP contribution < -0.4 is 20.3 Å². The molecule has 2 aromatic heterocycles. The first-order chi connectivity index (χ1) is 18.5. The number of thiophene rings is 1. The molecule has 4 rings (SSSR count). The molecule has 38 heavy (non-hydrogen) atoms. The molecule has 0 fully saturated rings. The fraction of sp³-hybridized carbons (Fsp3) is 0.393. The summed E-state index contributed by atoms with van der Waals surface area (Å²) in [4.78, 5) is 33.5. The molecule has 4 aromatic rings. The van der Waals surface area contributed by atoms with Gasteiger partial charge >= 0.3 is 0 Å². The molecule has 2 heterocycles. The Morgan fingerprint density at radius 3 is 2.61 bits per heavy atom. The van der Waals surface area contributed by atoms with E-state index >= 15 is 0 Å². The lowest BCUT2D eigenvalue weighted by molar-refractivity contribution is -0.118. The van der Waals surface area contributed by atoms with E-state index in [-0.39, 0.29) is 17.2 Å². The van der Waals surface area contributed by atoms with Crippen molar-refractivity contribution in [1.82, 2.24) is 19.8 Å². The van der Waals surface area contributed by atoms with Crippen LogP contribution in [-0.2, 0) is 17.8 Å². The lowest BCUT2D eigenvalue weighted by Gasteiger charge is -2.19. The largest absolute Gasteiger partial charge is 0.493 e. The number of carbonyl (C=O) groups excluding carboxylic acids is 1. The summed E-state index contributed by atoms with van der Waals surface area (Å²) in [5.41, 5.74) is 1.71. The number of amides is 1. The Labute approximate surface area is 231 Å². The van der Waals surface area contributed by atoms with Crippen molar-refractivity contribution in [3.05, 3.63) is 58.4 Å². The Hall–Kier alpha value is -3.08. The first kappa shape index (κ1) is 27.9. The van der Waals surface area contributed by atoms with Gasteiger partial charge < -0.3 is 19.7 Å². The Kier molecular flexibility index (Phi) is 9.65. The third-order valence-corrected chi connectivity index (χ3v) is 8.62. The Morgan fingerprint density at radius 2 is 1.87 bits per heavy atom. The van der Waals surface area contributed by atoms with Crippen molar-refractivity contribution < 1.29 is 14.3 Å². The molecular weight excluding hydrogens is 520 g/mol. The molecule has 202 valence electrons. The van der Waals surface area contributed by atoms with Gasteiger partial charge in [0.1, 0.15) is 4.70 Å². The predicted octanol–water partition coefficient (Wildman–Crippen LogP) is 4.42.